The Labute approximate surface area is 177 Å². The molecule has 1 aromatic carbocycles. The Balaban J connectivity index is 1.72. The molecule has 0 N–H and O–H groups in total. The van der Waals surface area contributed by atoms with Crippen molar-refractivity contribution in [3.05, 3.63) is 54.4 Å². The van der Waals surface area contributed by atoms with Crippen molar-refractivity contribution in [3.8, 4) is 17.1 Å². The molecular formula is C26H38N2O. The van der Waals surface area contributed by atoms with Crippen molar-refractivity contribution in [1.82, 2.24) is 9.97 Å². The summed E-state index contributed by atoms with van der Waals surface area (Å²) in [6.45, 7) is 7.53. The van der Waals surface area contributed by atoms with Crippen molar-refractivity contribution >= 4 is 0 Å². The van der Waals surface area contributed by atoms with Gasteiger partial charge in [0, 0.05) is 18.0 Å². The highest BCUT2D eigenvalue weighted by Gasteiger charge is 2.04. The number of rotatable bonds is 14. The van der Waals surface area contributed by atoms with Gasteiger partial charge in [0.25, 0.3) is 0 Å². The Morgan fingerprint density at radius 2 is 1.69 bits per heavy atom. The van der Waals surface area contributed by atoms with Crippen molar-refractivity contribution in [2.75, 3.05) is 6.61 Å². The molecule has 0 saturated heterocycles. The van der Waals surface area contributed by atoms with E-state index in [4.69, 9.17) is 4.74 Å². The third kappa shape index (κ3) is 9.25. The van der Waals surface area contributed by atoms with Gasteiger partial charge in [0.05, 0.1) is 6.61 Å². The lowest BCUT2D eigenvalue weighted by molar-refractivity contribution is 0.307. The van der Waals surface area contributed by atoms with Gasteiger partial charge in [-0.25, -0.2) is 9.97 Å². The van der Waals surface area contributed by atoms with Crippen LogP contribution in [0.5, 0.6) is 5.75 Å². The average molecular weight is 395 g/mol. The summed E-state index contributed by atoms with van der Waals surface area (Å²) < 4.78 is 5.84. The first kappa shape index (κ1) is 23.1. The molecule has 2 rings (SSSR count). The molecule has 0 aliphatic carbocycles. The normalized spacial score (nSPS) is 12.4. The van der Waals surface area contributed by atoms with E-state index >= 15 is 0 Å². The minimum absolute atomic E-state index is 0.765. The van der Waals surface area contributed by atoms with Crippen LogP contribution in [0.4, 0.5) is 0 Å². The van der Waals surface area contributed by atoms with E-state index in [0.717, 1.165) is 55.3 Å². The highest BCUT2D eigenvalue weighted by Crippen LogP contribution is 2.20. The molecule has 0 unspecified atom stereocenters. The number of hydrogen-bond acceptors (Lipinski definition) is 3. The van der Waals surface area contributed by atoms with Gasteiger partial charge in [-0.1, -0.05) is 52.2 Å². The molecule has 0 radical (unpaired) electrons. The lowest BCUT2D eigenvalue weighted by atomic mass is 10.00. The smallest absolute Gasteiger partial charge is 0.159 e. The highest BCUT2D eigenvalue weighted by atomic mass is 16.5. The van der Waals surface area contributed by atoms with Crippen LogP contribution in [0.1, 0.15) is 77.7 Å². The fourth-order valence-corrected chi connectivity index (χ4v) is 3.20. The van der Waals surface area contributed by atoms with Crippen LogP contribution in [0.15, 0.2) is 48.8 Å². The SMILES string of the molecule is CCC=CCCCCOc1ccc(-c2ncc(CCCC[C@@H](C)CC)cn2)cc1. The Kier molecular flexibility index (Phi) is 11.1. The summed E-state index contributed by atoms with van der Waals surface area (Å²) in [6, 6.07) is 8.11. The molecule has 3 nitrogen and oxygen atoms in total. The van der Waals surface area contributed by atoms with Gasteiger partial charge in [-0.2, -0.15) is 0 Å². The second-order valence-electron chi connectivity index (χ2n) is 7.92. The quantitative estimate of drug-likeness (QED) is 0.247. The standard InChI is InChI=1S/C26H38N2O/c1-4-6-7-8-9-12-19-29-25-17-15-24(16-18-25)26-27-20-23(21-28-26)14-11-10-13-22(3)5-2/h6-7,15-18,20-22H,4-5,8-14,19H2,1-3H3/t22-/m0/s1. The fraction of sp³-hybridized carbons (Fsp3) is 0.538. The molecule has 1 aromatic heterocycles. The summed E-state index contributed by atoms with van der Waals surface area (Å²) in [5.74, 6) is 2.53. The van der Waals surface area contributed by atoms with Gasteiger partial charge >= 0.3 is 0 Å². The van der Waals surface area contributed by atoms with Gasteiger partial charge in [0.15, 0.2) is 5.82 Å². The summed E-state index contributed by atoms with van der Waals surface area (Å²) in [7, 11) is 0. The predicted molar refractivity (Wildman–Crippen MR) is 123 cm³/mol. The molecule has 3 heteroatoms. The number of ether oxygens (including phenoxy) is 1. The van der Waals surface area contributed by atoms with E-state index in [1.807, 2.05) is 36.7 Å². The van der Waals surface area contributed by atoms with E-state index in [1.54, 1.807) is 0 Å². The molecule has 0 bridgehead atoms. The molecule has 0 aliphatic rings. The van der Waals surface area contributed by atoms with Crippen LogP contribution < -0.4 is 4.74 Å². The maximum absolute atomic E-state index is 5.84. The molecule has 0 fully saturated rings. The third-order valence-corrected chi connectivity index (χ3v) is 5.36. The Bertz CT molecular complexity index is 692. The van der Waals surface area contributed by atoms with Crippen LogP contribution in [0.2, 0.25) is 0 Å². The van der Waals surface area contributed by atoms with E-state index in [2.05, 4.69) is 42.9 Å². The van der Waals surface area contributed by atoms with Gasteiger partial charge in [-0.05, 0) is 74.3 Å². The van der Waals surface area contributed by atoms with Crippen LogP contribution in [-0.2, 0) is 6.42 Å². The molecular weight excluding hydrogens is 356 g/mol. The number of aryl methyl sites for hydroxylation is 1. The number of hydrogen-bond donors (Lipinski definition) is 0. The predicted octanol–water partition coefficient (Wildman–Crippen LogP) is 7.42. The van der Waals surface area contributed by atoms with E-state index in [1.165, 1.54) is 37.7 Å². The minimum Gasteiger partial charge on any atom is -0.494 e. The molecule has 0 aliphatic heterocycles. The van der Waals surface area contributed by atoms with Crippen LogP contribution in [0.25, 0.3) is 11.4 Å². The van der Waals surface area contributed by atoms with E-state index in [0.29, 0.717) is 0 Å². The highest BCUT2D eigenvalue weighted by molar-refractivity contribution is 5.55. The summed E-state index contributed by atoms with van der Waals surface area (Å²) in [4.78, 5) is 9.12. The summed E-state index contributed by atoms with van der Waals surface area (Å²) in [5, 5.41) is 0. The Morgan fingerprint density at radius 1 is 0.931 bits per heavy atom. The summed E-state index contributed by atoms with van der Waals surface area (Å²) >= 11 is 0. The van der Waals surface area contributed by atoms with Crippen LogP contribution in [-0.4, -0.2) is 16.6 Å². The van der Waals surface area contributed by atoms with Gasteiger partial charge in [-0.3, -0.25) is 0 Å². The number of nitrogens with zero attached hydrogens (tertiary/aromatic N) is 2. The minimum atomic E-state index is 0.765. The first-order valence-electron chi connectivity index (χ1n) is 11.4. The first-order chi connectivity index (χ1) is 14.2. The first-order valence-corrected chi connectivity index (χ1v) is 11.4. The maximum atomic E-state index is 5.84. The maximum Gasteiger partial charge on any atom is 0.159 e. The van der Waals surface area contributed by atoms with Gasteiger partial charge in [-0.15, -0.1) is 0 Å². The molecule has 1 atom stereocenters. The van der Waals surface area contributed by atoms with Gasteiger partial charge in [0.1, 0.15) is 5.75 Å². The van der Waals surface area contributed by atoms with Crippen LogP contribution >= 0.6 is 0 Å². The Morgan fingerprint density at radius 3 is 2.38 bits per heavy atom. The zero-order valence-electron chi connectivity index (χ0n) is 18.6. The zero-order chi connectivity index (χ0) is 20.7. The number of allylic oxidation sites excluding steroid dienone is 2. The second-order valence-corrected chi connectivity index (χ2v) is 7.92. The average Bonchev–Trinajstić information content (AvgIpc) is 2.77. The molecule has 158 valence electrons. The third-order valence-electron chi connectivity index (χ3n) is 5.36. The topological polar surface area (TPSA) is 35.0 Å². The fourth-order valence-electron chi connectivity index (χ4n) is 3.20. The molecule has 0 saturated carbocycles. The lowest BCUT2D eigenvalue weighted by Gasteiger charge is -2.08. The number of benzene rings is 1. The summed E-state index contributed by atoms with van der Waals surface area (Å²) in [6.07, 6.45) is 19.1. The van der Waals surface area contributed by atoms with Gasteiger partial charge < -0.3 is 4.74 Å². The summed E-state index contributed by atoms with van der Waals surface area (Å²) in [5.41, 5.74) is 2.26. The Hall–Kier alpha value is -2.16. The largest absolute Gasteiger partial charge is 0.494 e. The van der Waals surface area contributed by atoms with Crippen LogP contribution in [0.3, 0.4) is 0 Å². The van der Waals surface area contributed by atoms with Crippen LogP contribution in [0, 0.1) is 5.92 Å². The monoisotopic (exact) mass is 394 g/mol. The molecule has 2 aromatic rings. The van der Waals surface area contributed by atoms with E-state index in [-0.39, 0.29) is 0 Å². The number of unbranched alkanes of at least 4 members (excludes halogenated alkanes) is 3. The molecule has 0 spiro atoms. The van der Waals surface area contributed by atoms with Crippen molar-refractivity contribution in [2.24, 2.45) is 5.92 Å². The molecule has 0 amide bonds. The van der Waals surface area contributed by atoms with Crippen molar-refractivity contribution in [3.63, 3.8) is 0 Å². The second kappa shape index (κ2) is 13.9. The van der Waals surface area contributed by atoms with Gasteiger partial charge in [0.2, 0.25) is 0 Å². The number of aromatic nitrogens is 2. The van der Waals surface area contributed by atoms with Crippen molar-refractivity contribution < 1.29 is 4.74 Å². The molecule has 29 heavy (non-hydrogen) atoms. The zero-order valence-corrected chi connectivity index (χ0v) is 18.6. The molecule has 1 heterocycles. The lowest BCUT2D eigenvalue weighted by Crippen LogP contribution is -1.97. The van der Waals surface area contributed by atoms with Crippen molar-refractivity contribution in [1.29, 1.82) is 0 Å². The van der Waals surface area contributed by atoms with E-state index in [9.17, 15) is 0 Å². The van der Waals surface area contributed by atoms with Crippen molar-refractivity contribution in [2.45, 2.75) is 78.6 Å². The van der Waals surface area contributed by atoms with E-state index < -0.39 is 0 Å².